The number of rotatable bonds is 7. The first-order valence-corrected chi connectivity index (χ1v) is 8.58. The molecule has 0 radical (unpaired) electrons. The largest absolute Gasteiger partial charge is 0.465 e. The number of halogens is 1. The zero-order chi connectivity index (χ0) is 16.0. The third-order valence-electron chi connectivity index (χ3n) is 2.92. The predicted molar refractivity (Wildman–Crippen MR) is 82.1 cm³/mol. The van der Waals surface area contributed by atoms with Gasteiger partial charge in [0.2, 0.25) is 10.0 Å². The molecule has 0 fully saturated rings. The van der Waals surface area contributed by atoms with E-state index in [0.29, 0.717) is 25.9 Å². The van der Waals surface area contributed by atoms with Gasteiger partial charge >= 0.3 is 5.97 Å². The van der Waals surface area contributed by atoms with Gasteiger partial charge in [0.25, 0.3) is 0 Å². The molecule has 0 heterocycles. The Labute approximate surface area is 130 Å². The highest BCUT2D eigenvalue weighted by Crippen LogP contribution is 2.26. The van der Waals surface area contributed by atoms with Gasteiger partial charge in [0, 0.05) is 13.1 Å². The normalized spacial score (nSPS) is 11.7. The average Bonchev–Trinajstić information content (AvgIpc) is 2.46. The summed E-state index contributed by atoms with van der Waals surface area (Å²) < 4.78 is 31.4. The highest BCUT2D eigenvalue weighted by Gasteiger charge is 2.26. The Morgan fingerprint density at radius 3 is 2.29 bits per heavy atom. The van der Waals surface area contributed by atoms with Gasteiger partial charge < -0.3 is 4.74 Å². The van der Waals surface area contributed by atoms with Crippen LogP contribution in [0, 0.1) is 0 Å². The molecular formula is C14H20ClNO4S. The molecule has 0 aliphatic carbocycles. The van der Waals surface area contributed by atoms with E-state index in [1.807, 2.05) is 13.8 Å². The number of sulfonamides is 1. The SMILES string of the molecule is CCCN(CCC)S(=O)(=O)c1cc(C(=O)OC)ccc1Cl. The second-order valence-electron chi connectivity index (χ2n) is 4.54. The Hall–Kier alpha value is -1.11. The maximum absolute atomic E-state index is 12.7. The van der Waals surface area contributed by atoms with Crippen molar-refractivity contribution in [1.82, 2.24) is 4.31 Å². The van der Waals surface area contributed by atoms with Crippen molar-refractivity contribution in [3.63, 3.8) is 0 Å². The molecule has 0 aliphatic rings. The molecule has 21 heavy (non-hydrogen) atoms. The lowest BCUT2D eigenvalue weighted by atomic mass is 10.2. The summed E-state index contributed by atoms with van der Waals surface area (Å²) in [5.74, 6) is -0.597. The van der Waals surface area contributed by atoms with Gasteiger partial charge in [-0.25, -0.2) is 13.2 Å². The first-order chi connectivity index (χ1) is 9.88. The van der Waals surface area contributed by atoms with Crippen LogP contribution >= 0.6 is 11.6 Å². The second kappa shape index (κ2) is 7.77. The Morgan fingerprint density at radius 1 is 1.24 bits per heavy atom. The maximum atomic E-state index is 12.7. The van der Waals surface area contributed by atoms with E-state index in [-0.39, 0.29) is 15.5 Å². The lowest BCUT2D eigenvalue weighted by Gasteiger charge is -2.21. The van der Waals surface area contributed by atoms with Gasteiger partial charge in [0.15, 0.2) is 0 Å². The van der Waals surface area contributed by atoms with Crippen LogP contribution in [0.1, 0.15) is 37.0 Å². The van der Waals surface area contributed by atoms with Crippen LogP contribution in [-0.4, -0.2) is 38.9 Å². The molecule has 1 rings (SSSR count). The van der Waals surface area contributed by atoms with E-state index in [9.17, 15) is 13.2 Å². The molecule has 0 N–H and O–H groups in total. The van der Waals surface area contributed by atoms with Crippen LogP contribution in [0.4, 0.5) is 0 Å². The summed E-state index contributed by atoms with van der Waals surface area (Å²) >= 11 is 6.02. The van der Waals surface area contributed by atoms with E-state index in [0.717, 1.165) is 0 Å². The van der Waals surface area contributed by atoms with Gasteiger partial charge in [-0.05, 0) is 31.0 Å². The Bertz CT molecular complexity index is 595. The number of benzene rings is 1. The number of nitrogens with zero attached hydrogens (tertiary/aromatic N) is 1. The van der Waals surface area contributed by atoms with Crippen molar-refractivity contribution in [1.29, 1.82) is 0 Å². The van der Waals surface area contributed by atoms with Crippen molar-refractivity contribution in [2.24, 2.45) is 0 Å². The van der Waals surface area contributed by atoms with Crippen LogP contribution in [0.2, 0.25) is 5.02 Å². The highest BCUT2D eigenvalue weighted by molar-refractivity contribution is 7.89. The summed E-state index contributed by atoms with van der Waals surface area (Å²) in [6, 6.07) is 4.11. The van der Waals surface area contributed by atoms with Crippen LogP contribution in [0.3, 0.4) is 0 Å². The molecule has 0 saturated heterocycles. The summed E-state index contributed by atoms with van der Waals surface area (Å²) in [7, 11) is -2.49. The number of carbonyl (C=O) groups excluding carboxylic acids is 1. The van der Waals surface area contributed by atoms with Gasteiger partial charge in [0.05, 0.1) is 17.7 Å². The van der Waals surface area contributed by atoms with Crippen LogP contribution in [0.5, 0.6) is 0 Å². The monoisotopic (exact) mass is 333 g/mol. The minimum absolute atomic E-state index is 0.0611. The molecule has 7 heteroatoms. The molecule has 0 bridgehead atoms. The molecule has 0 aromatic heterocycles. The highest BCUT2D eigenvalue weighted by atomic mass is 35.5. The van der Waals surface area contributed by atoms with Crippen LogP contribution < -0.4 is 0 Å². The molecule has 1 aromatic rings. The minimum atomic E-state index is -3.73. The van der Waals surface area contributed by atoms with Gasteiger partial charge in [-0.3, -0.25) is 0 Å². The third-order valence-corrected chi connectivity index (χ3v) is 5.30. The van der Waals surface area contributed by atoms with Crippen molar-refractivity contribution in [3.05, 3.63) is 28.8 Å². The molecule has 5 nitrogen and oxygen atoms in total. The van der Waals surface area contributed by atoms with Crippen molar-refractivity contribution in [2.75, 3.05) is 20.2 Å². The zero-order valence-corrected chi connectivity index (χ0v) is 14.0. The van der Waals surface area contributed by atoms with Crippen LogP contribution in [-0.2, 0) is 14.8 Å². The van der Waals surface area contributed by atoms with Gasteiger partial charge in [-0.15, -0.1) is 0 Å². The fourth-order valence-corrected chi connectivity index (χ4v) is 4.06. The van der Waals surface area contributed by atoms with E-state index in [2.05, 4.69) is 4.74 Å². The molecule has 118 valence electrons. The summed E-state index contributed by atoms with van der Waals surface area (Å²) in [5, 5.41) is 0.0971. The Kier molecular flexibility index (Phi) is 6.64. The van der Waals surface area contributed by atoms with Gasteiger partial charge in [-0.1, -0.05) is 25.4 Å². The smallest absolute Gasteiger partial charge is 0.337 e. The lowest BCUT2D eigenvalue weighted by Crippen LogP contribution is -2.32. The quantitative estimate of drug-likeness (QED) is 0.720. The number of hydrogen-bond donors (Lipinski definition) is 0. The van der Waals surface area contributed by atoms with E-state index in [4.69, 9.17) is 11.6 Å². The third kappa shape index (κ3) is 4.18. The Balaban J connectivity index is 3.31. The van der Waals surface area contributed by atoms with Crippen molar-refractivity contribution >= 4 is 27.6 Å². The first-order valence-electron chi connectivity index (χ1n) is 6.76. The number of carbonyl (C=O) groups is 1. The van der Waals surface area contributed by atoms with Crippen LogP contribution in [0.25, 0.3) is 0 Å². The summed E-state index contributed by atoms with van der Waals surface area (Å²) in [4.78, 5) is 11.5. The number of ether oxygens (including phenoxy) is 1. The van der Waals surface area contributed by atoms with E-state index >= 15 is 0 Å². The van der Waals surface area contributed by atoms with Crippen molar-refractivity contribution in [2.45, 2.75) is 31.6 Å². The van der Waals surface area contributed by atoms with Crippen molar-refractivity contribution in [3.8, 4) is 0 Å². The summed E-state index contributed by atoms with van der Waals surface area (Å²) in [6.45, 7) is 4.64. The molecule has 0 atom stereocenters. The van der Waals surface area contributed by atoms with E-state index < -0.39 is 16.0 Å². The predicted octanol–water partition coefficient (Wildman–Crippen LogP) is 2.94. The van der Waals surface area contributed by atoms with Crippen LogP contribution in [0.15, 0.2) is 23.1 Å². The second-order valence-corrected chi connectivity index (χ2v) is 6.85. The standard InChI is InChI=1S/C14H20ClNO4S/c1-4-8-16(9-5-2)21(18,19)13-10-11(14(17)20-3)6-7-12(13)15/h6-7,10H,4-5,8-9H2,1-3H3. The summed E-state index contributed by atoms with van der Waals surface area (Å²) in [6.07, 6.45) is 1.40. The van der Waals surface area contributed by atoms with E-state index in [1.54, 1.807) is 0 Å². The molecule has 0 amide bonds. The van der Waals surface area contributed by atoms with Gasteiger partial charge in [0.1, 0.15) is 4.90 Å². The molecule has 0 saturated carbocycles. The van der Waals surface area contributed by atoms with Gasteiger partial charge in [-0.2, -0.15) is 4.31 Å². The van der Waals surface area contributed by atoms with E-state index in [1.165, 1.54) is 29.6 Å². The molecule has 1 aromatic carbocycles. The number of methoxy groups -OCH3 is 1. The number of esters is 1. The molecular weight excluding hydrogens is 314 g/mol. The Morgan fingerprint density at radius 2 is 1.81 bits per heavy atom. The average molecular weight is 334 g/mol. The van der Waals surface area contributed by atoms with Crippen molar-refractivity contribution < 1.29 is 17.9 Å². The first kappa shape index (κ1) is 17.9. The number of hydrogen-bond acceptors (Lipinski definition) is 4. The molecule has 0 aliphatic heterocycles. The molecule has 0 unspecified atom stereocenters. The summed E-state index contributed by atoms with van der Waals surface area (Å²) in [5.41, 5.74) is 0.161. The fraction of sp³-hybridized carbons (Fsp3) is 0.500. The topological polar surface area (TPSA) is 63.7 Å². The zero-order valence-electron chi connectivity index (χ0n) is 12.4. The molecule has 0 spiro atoms. The maximum Gasteiger partial charge on any atom is 0.337 e. The lowest BCUT2D eigenvalue weighted by molar-refractivity contribution is 0.0600. The fourth-order valence-electron chi connectivity index (χ4n) is 1.94. The minimum Gasteiger partial charge on any atom is -0.465 e.